The van der Waals surface area contributed by atoms with Gasteiger partial charge in [0.25, 0.3) is 0 Å². The summed E-state index contributed by atoms with van der Waals surface area (Å²) in [5.74, 6) is 0.565. The molecule has 1 saturated heterocycles. The molecule has 0 amide bonds. The maximum atomic E-state index is 12.4. The van der Waals surface area contributed by atoms with Gasteiger partial charge in [-0.15, -0.1) is 0 Å². The van der Waals surface area contributed by atoms with E-state index in [-0.39, 0.29) is 11.7 Å². The fraction of sp³-hybridized carbons (Fsp3) is 0.500. The predicted octanol–water partition coefficient (Wildman–Crippen LogP) is 3.57. The minimum Gasteiger partial charge on any atom is -0.492 e. The number of halogens is 2. The Balaban J connectivity index is 2.24. The van der Waals surface area contributed by atoms with Gasteiger partial charge in [-0.1, -0.05) is 23.2 Å². The zero-order valence-electron chi connectivity index (χ0n) is 10.8. The van der Waals surface area contributed by atoms with Crippen molar-refractivity contribution < 1.29 is 9.53 Å². The Morgan fingerprint density at radius 1 is 1.42 bits per heavy atom. The summed E-state index contributed by atoms with van der Waals surface area (Å²) in [6.07, 6.45) is 1.91. The van der Waals surface area contributed by atoms with E-state index < -0.39 is 0 Å². The van der Waals surface area contributed by atoms with Crippen molar-refractivity contribution in [1.82, 2.24) is 5.32 Å². The summed E-state index contributed by atoms with van der Waals surface area (Å²) in [6, 6.07) is 3.24. The summed E-state index contributed by atoms with van der Waals surface area (Å²) in [4.78, 5) is 12.4. The molecule has 0 aliphatic carbocycles. The standard InChI is InChI=1S/C14H17Cl2NO2/c1-2-19-13-7-11(15)10(6-12(13)16)14(18)9-4-3-5-17-8-9/h6-7,9,17H,2-5,8H2,1H3. The lowest BCUT2D eigenvalue weighted by Gasteiger charge is -2.22. The molecular formula is C14H17Cl2NO2. The molecule has 1 aliphatic rings. The highest BCUT2D eigenvalue weighted by Gasteiger charge is 2.24. The van der Waals surface area contributed by atoms with Crippen molar-refractivity contribution in [3.05, 3.63) is 27.7 Å². The number of hydrogen-bond acceptors (Lipinski definition) is 3. The van der Waals surface area contributed by atoms with Crippen LogP contribution in [0.2, 0.25) is 10.0 Å². The van der Waals surface area contributed by atoms with E-state index in [1.165, 1.54) is 0 Å². The van der Waals surface area contributed by atoms with Crippen molar-refractivity contribution in [3.63, 3.8) is 0 Å². The molecule has 0 bridgehead atoms. The van der Waals surface area contributed by atoms with E-state index in [0.29, 0.717) is 34.5 Å². The molecule has 1 atom stereocenters. The maximum Gasteiger partial charge on any atom is 0.168 e. The van der Waals surface area contributed by atoms with Gasteiger partial charge in [0.1, 0.15) is 5.75 Å². The number of benzene rings is 1. The van der Waals surface area contributed by atoms with Crippen LogP contribution in [0.5, 0.6) is 5.75 Å². The SMILES string of the molecule is CCOc1cc(Cl)c(C(=O)C2CCCNC2)cc1Cl. The molecule has 19 heavy (non-hydrogen) atoms. The number of Topliss-reactive ketones (excluding diaryl/α,β-unsaturated/α-hetero) is 1. The molecule has 0 aromatic heterocycles. The Morgan fingerprint density at radius 3 is 2.84 bits per heavy atom. The number of ketones is 1. The normalized spacial score (nSPS) is 19.2. The molecule has 5 heteroatoms. The minimum absolute atomic E-state index is 0.0136. The average molecular weight is 302 g/mol. The summed E-state index contributed by atoms with van der Waals surface area (Å²) in [5.41, 5.74) is 0.490. The van der Waals surface area contributed by atoms with Crippen LogP contribution in [0.1, 0.15) is 30.1 Å². The van der Waals surface area contributed by atoms with Crippen molar-refractivity contribution >= 4 is 29.0 Å². The largest absolute Gasteiger partial charge is 0.492 e. The maximum absolute atomic E-state index is 12.4. The van der Waals surface area contributed by atoms with Crippen LogP contribution in [-0.2, 0) is 0 Å². The molecule has 1 unspecified atom stereocenters. The van der Waals surface area contributed by atoms with Gasteiger partial charge >= 0.3 is 0 Å². The average Bonchev–Trinajstić information content (AvgIpc) is 2.43. The smallest absolute Gasteiger partial charge is 0.168 e. The quantitative estimate of drug-likeness (QED) is 0.864. The van der Waals surface area contributed by atoms with Crippen LogP contribution in [0.15, 0.2) is 12.1 Å². The first-order chi connectivity index (χ1) is 9.13. The minimum atomic E-state index is -0.0136. The lowest BCUT2D eigenvalue weighted by Crippen LogP contribution is -2.34. The van der Waals surface area contributed by atoms with E-state index in [1.807, 2.05) is 6.92 Å². The lowest BCUT2D eigenvalue weighted by molar-refractivity contribution is 0.0900. The van der Waals surface area contributed by atoms with Crippen molar-refractivity contribution in [3.8, 4) is 5.75 Å². The molecule has 104 valence electrons. The van der Waals surface area contributed by atoms with Gasteiger partial charge in [0.15, 0.2) is 5.78 Å². The first-order valence-corrected chi connectivity index (χ1v) is 7.25. The molecule has 1 N–H and O–H groups in total. The van der Waals surface area contributed by atoms with E-state index in [0.717, 1.165) is 19.4 Å². The van der Waals surface area contributed by atoms with Crippen LogP contribution in [0.4, 0.5) is 0 Å². The molecular weight excluding hydrogens is 285 g/mol. The van der Waals surface area contributed by atoms with Crippen molar-refractivity contribution in [2.45, 2.75) is 19.8 Å². The van der Waals surface area contributed by atoms with Gasteiger partial charge < -0.3 is 10.1 Å². The van der Waals surface area contributed by atoms with E-state index >= 15 is 0 Å². The van der Waals surface area contributed by atoms with Gasteiger partial charge in [0.2, 0.25) is 0 Å². The number of carbonyl (C=O) groups excluding carboxylic acids is 1. The van der Waals surface area contributed by atoms with Crippen molar-refractivity contribution in [2.24, 2.45) is 5.92 Å². The van der Waals surface area contributed by atoms with Crippen LogP contribution >= 0.6 is 23.2 Å². The van der Waals surface area contributed by atoms with E-state index in [1.54, 1.807) is 12.1 Å². The number of ether oxygens (including phenoxy) is 1. The van der Waals surface area contributed by atoms with Crippen molar-refractivity contribution in [2.75, 3.05) is 19.7 Å². The van der Waals surface area contributed by atoms with Crippen LogP contribution in [-0.4, -0.2) is 25.5 Å². The zero-order valence-corrected chi connectivity index (χ0v) is 12.4. The van der Waals surface area contributed by atoms with Gasteiger partial charge in [-0.2, -0.15) is 0 Å². The highest BCUT2D eigenvalue weighted by molar-refractivity contribution is 6.36. The second-order valence-corrected chi connectivity index (χ2v) is 5.42. The summed E-state index contributed by atoms with van der Waals surface area (Å²) >= 11 is 12.3. The molecule has 0 saturated carbocycles. The number of carbonyl (C=O) groups is 1. The van der Waals surface area contributed by atoms with Gasteiger partial charge in [0.05, 0.1) is 16.7 Å². The fourth-order valence-corrected chi connectivity index (χ4v) is 2.74. The Morgan fingerprint density at radius 2 is 2.21 bits per heavy atom. The third-order valence-corrected chi connectivity index (χ3v) is 3.86. The zero-order chi connectivity index (χ0) is 13.8. The number of hydrogen-bond donors (Lipinski definition) is 1. The Labute approximate surface area is 123 Å². The third-order valence-electron chi connectivity index (χ3n) is 3.25. The first kappa shape index (κ1) is 14.6. The highest BCUT2D eigenvalue weighted by Crippen LogP contribution is 2.33. The molecule has 1 aromatic rings. The van der Waals surface area contributed by atoms with E-state index in [4.69, 9.17) is 27.9 Å². The molecule has 1 aliphatic heterocycles. The summed E-state index contributed by atoms with van der Waals surface area (Å²) in [7, 11) is 0. The number of rotatable bonds is 4. The number of piperidine rings is 1. The van der Waals surface area contributed by atoms with Crippen LogP contribution < -0.4 is 10.1 Å². The molecule has 0 radical (unpaired) electrons. The first-order valence-electron chi connectivity index (χ1n) is 6.50. The summed E-state index contributed by atoms with van der Waals surface area (Å²) in [6.45, 7) is 4.06. The van der Waals surface area contributed by atoms with Gasteiger partial charge in [-0.05, 0) is 32.4 Å². The lowest BCUT2D eigenvalue weighted by atomic mass is 9.91. The van der Waals surface area contributed by atoms with Crippen LogP contribution in [0.25, 0.3) is 0 Å². The molecule has 1 aromatic carbocycles. The molecule has 1 heterocycles. The van der Waals surface area contributed by atoms with E-state index in [2.05, 4.69) is 5.32 Å². The molecule has 3 nitrogen and oxygen atoms in total. The van der Waals surface area contributed by atoms with Gasteiger partial charge in [-0.25, -0.2) is 0 Å². The van der Waals surface area contributed by atoms with Crippen LogP contribution in [0, 0.1) is 5.92 Å². The predicted molar refractivity (Wildman–Crippen MR) is 77.6 cm³/mol. The van der Waals surface area contributed by atoms with Crippen molar-refractivity contribution in [1.29, 1.82) is 0 Å². The topological polar surface area (TPSA) is 38.3 Å². The van der Waals surface area contributed by atoms with Gasteiger partial charge in [0, 0.05) is 24.1 Å². The molecule has 0 spiro atoms. The molecule has 1 fully saturated rings. The highest BCUT2D eigenvalue weighted by atomic mass is 35.5. The third kappa shape index (κ3) is 3.41. The monoisotopic (exact) mass is 301 g/mol. The summed E-state index contributed by atoms with van der Waals surface area (Å²) in [5, 5.41) is 4.06. The second kappa shape index (κ2) is 6.60. The molecule has 2 rings (SSSR count). The Kier molecular flexibility index (Phi) is 5.08. The Hall–Kier alpha value is -0.770. The second-order valence-electron chi connectivity index (χ2n) is 4.60. The van der Waals surface area contributed by atoms with E-state index in [9.17, 15) is 4.79 Å². The number of nitrogens with one attached hydrogen (secondary N) is 1. The summed E-state index contributed by atoms with van der Waals surface area (Å²) < 4.78 is 5.36. The van der Waals surface area contributed by atoms with Crippen LogP contribution in [0.3, 0.4) is 0 Å². The Bertz CT molecular complexity index is 471. The van der Waals surface area contributed by atoms with Gasteiger partial charge in [-0.3, -0.25) is 4.79 Å². The fourth-order valence-electron chi connectivity index (χ4n) is 2.28.